The average molecular weight is 545 g/mol. The Labute approximate surface area is 227 Å². The summed E-state index contributed by atoms with van der Waals surface area (Å²) in [6, 6.07) is 11.1. The SMILES string of the molecule is C=CCOc1cccc(C2C(=C(O)c3c(C)nc4ccccn34)C(=O)C(=O)N2c2nc(C)c(C(=O)OC)s2)c1. The third-order valence-corrected chi connectivity index (χ3v) is 7.41. The van der Waals surface area contributed by atoms with E-state index < -0.39 is 23.7 Å². The number of methoxy groups -OCH3 is 1. The molecule has 0 radical (unpaired) electrons. The maximum Gasteiger partial charge on any atom is 0.350 e. The number of nitrogens with zero attached hydrogens (tertiary/aromatic N) is 4. The Morgan fingerprint density at radius 1 is 1.15 bits per heavy atom. The number of fused-ring (bicyclic) bond motifs is 1. The van der Waals surface area contributed by atoms with Crippen molar-refractivity contribution in [2.75, 3.05) is 18.6 Å². The van der Waals surface area contributed by atoms with E-state index in [1.54, 1.807) is 66.9 Å². The summed E-state index contributed by atoms with van der Waals surface area (Å²) >= 11 is 0.930. The lowest BCUT2D eigenvalue weighted by atomic mass is 9.96. The first-order chi connectivity index (χ1) is 18.8. The first-order valence-corrected chi connectivity index (χ1v) is 12.7. The number of rotatable bonds is 7. The molecule has 1 aromatic carbocycles. The monoisotopic (exact) mass is 544 g/mol. The number of hydrogen-bond donors (Lipinski definition) is 1. The molecule has 1 unspecified atom stereocenters. The van der Waals surface area contributed by atoms with Crippen LogP contribution in [0.25, 0.3) is 11.4 Å². The van der Waals surface area contributed by atoms with Crippen LogP contribution in [0.4, 0.5) is 5.13 Å². The predicted octanol–water partition coefficient (Wildman–Crippen LogP) is 4.39. The van der Waals surface area contributed by atoms with Crippen molar-refractivity contribution >= 4 is 45.5 Å². The third-order valence-electron chi connectivity index (χ3n) is 6.28. The van der Waals surface area contributed by atoms with Crippen molar-refractivity contribution in [3.05, 3.63) is 94.4 Å². The molecule has 1 amide bonds. The highest BCUT2D eigenvalue weighted by Crippen LogP contribution is 2.44. The number of esters is 1. The molecule has 39 heavy (non-hydrogen) atoms. The van der Waals surface area contributed by atoms with E-state index >= 15 is 0 Å². The number of Topliss-reactive ketones (excluding diaryl/α,β-unsaturated/α-hetero) is 1. The molecule has 3 aromatic heterocycles. The van der Waals surface area contributed by atoms with E-state index in [1.165, 1.54) is 12.0 Å². The summed E-state index contributed by atoms with van der Waals surface area (Å²) in [5, 5.41) is 11.8. The normalized spacial score (nSPS) is 16.6. The van der Waals surface area contributed by atoms with E-state index in [0.29, 0.717) is 34.0 Å². The molecule has 11 heteroatoms. The van der Waals surface area contributed by atoms with Crippen LogP contribution in [0, 0.1) is 13.8 Å². The molecule has 1 aliphatic rings. The van der Waals surface area contributed by atoms with Gasteiger partial charge in [0.1, 0.15) is 28.6 Å². The van der Waals surface area contributed by atoms with Gasteiger partial charge in [-0.2, -0.15) is 0 Å². The molecule has 1 atom stereocenters. The van der Waals surface area contributed by atoms with Gasteiger partial charge in [0.25, 0.3) is 5.78 Å². The number of thiazole rings is 1. The fourth-order valence-corrected chi connectivity index (χ4v) is 5.58. The van der Waals surface area contributed by atoms with Gasteiger partial charge in [0.05, 0.1) is 30.1 Å². The minimum atomic E-state index is -1.07. The summed E-state index contributed by atoms with van der Waals surface area (Å²) in [4.78, 5) is 49.7. The lowest BCUT2D eigenvalue weighted by Gasteiger charge is -2.23. The van der Waals surface area contributed by atoms with Crippen LogP contribution >= 0.6 is 11.3 Å². The Morgan fingerprint density at radius 3 is 2.69 bits per heavy atom. The second-order valence-corrected chi connectivity index (χ2v) is 9.70. The van der Waals surface area contributed by atoms with Gasteiger partial charge in [0.2, 0.25) is 0 Å². The standard InChI is InChI=1S/C28H24N4O6S/c1-5-13-38-18-10-8-9-17(14-18)22-20(23(33)21-15(2)29-19-11-6-7-12-31(19)21)24(34)26(35)32(22)28-30-16(3)25(39-28)27(36)37-4/h5-12,14,22,33H,1,13H2,2-4H3. The van der Waals surface area contributed by atoms with Crippen molar-refractivity contribution in [1.29, 1.82) is 0 Å². The average Bonchev–Trinajstić information content (AvgIpc) is 3.57. The number of carbonyl (C=O) groups excluding carboxylic acids is 3. The number of imidazole rings is 1. The summed E-state index contributed by atoms with van der Waals surface area (Å²) < 4.78 is 12.2. The van der Waals surface area contributed by atoms with Crippen LogP contribution in [0.15, 0.2) is 66.9 Å². The van der Waals surface area contributed by atoms with Crippen LogP contribution in [0.5, 0.6) is 5.75 Å². The van der Waals surface area contributed by atoms with Gasteiger partial charge in [-0.3, -0.25) is 18.9 Å². The number of amides is 1. The highest BCUT2D eigenvalue weighted by atomic mass is 32.1. The summed E-state index contributed by atoms with van der Waals surface area (Å²) in [7, 11) is 1.25. The Bertz CT molecular complexity index is 1680. The molecule has 1 fully saturated rings. The molecule has 10 nitrogen and oxygen atoms in total. The number of ether oxygens (including phenoxy) is 2. The van der Waals surface area contributed by atoms with Crippen LogP contribution in [-0.2, 0) is 14.3 Å². The molecule has 0 aliphatic carbocycles. The highest BCUT2D eigenvalue weighted by Gasteiger charge is 2.49. The lowest BCUT2D eigenvalue weighted by molar-refractivity contribution is -0.132. The van der Waals surface area contributed by atoms with E-state index in [2.05, 4.69) is 16.5 Å². The predicted molar refractivity (Wildman–Crippen MR) is 145 cm³/mol. The molecule has 4 heterocycles. The largest absolute Gasteiger partial charge is 0.505 e. The van der Waals surface area contributed by atoms with Crippen molar-refractivity contribution in [1.82, 2.24) is 14.4 Å². The molecule has 0 saturated carbocycles. The van der Waals surface area contributed by atoms with E-state index in [-0.39, 0.29) is 27.9 Å². The van der Waals surface area contributed by atoms with E-state index in [1.807, 2.05) is 6.07 Å². The van der Waals surface area contributed by atoms with Crippen molar-refractivity contribution in [3.8, 4) is 5.75 Å². The molecule has 0 bridgehead atoms. The Hall–Kier alpha value is -4.77. The Morgan fingerprint density at radius 2 is 1.95 bits per heavy atom. The number of anilines is 1. The number of aryl methyl sites for hydroxylation is 2. The van der Waals surface area contributed by atoms with Gasteiger partial charge in [0.15, 0.2) is 10.9 Å². The van der Waals surface area contributed by atoms with Crippen molar-refractivity contribution < 1.29 is 29.0 Å². The second-order valence-electron chi connectivity index (χ2n) is 8.72. The van der Waals surface area contributed by atoms with Crippen LogP contribution in [-0.4, -0.2) is 50.9 Å². The zero-order valence-electron chi connectivity index (χ0n) is 21.4. The fourth-order valence-electron chi connectivity index (χ4n) is 4.57. The zero-order chi connectivity index (χ0) is 27.8. The Kier molecular flexibility index (Phi) is 6.75. The maximum absolute atomic E-state index is 13.6. The number of benzene rings is 1. The van der Waals surface area contributed by atoms with Crippen molar-refractivity contribution in [2.45, 2.75) is 19.9 Å². The maximum atomic E-state index is 13.6. The van der Waals surface area contributed by atoms with Gasteiger partial charge in [-0.15, -0.1) is 0 Å². The number of carbonyl (C=O) groups is 3. The van der Waals surface area contributed by atoms with Gasteiger partial charge < -0.3 is 14.6 Å². The topological polar surface area (TPSA) is 123 Å². The van der Waals surface area contributed by atoms with Crippen LogP contribution in [0.3, 0.4) is 0 Å². The number of aliphatic hydroxyl groups excluding tert-OH is 1. The molecule has 1 aliphatic heterocycles. The van der Waals surface area contributed by atoms with Crippen LogP contribution in [0.2, 0.25) is 0 Å². The molecule has 5 rings (SSSR count). The molecule has 1 saturated heterocycles. The Balaban J connectivity index is 1.75. The number of aromatic nitrogens is 3. The van der Waals surface area contributed by atoms with Crippen LogP contribution < -0.4 is 9.64 Å². The first-order valence-electron chi connectivity index (χ1n) is 11.9. The molecular weight excluding hydrogens is 520 g/mol. The van der Waals surface area contributed by atoms with E-state index in [4.69, 9.17) is 9.47 Å². The summed E-state index contributed by atoms with van der Waals surface area (Å²) in [6.45, 7) is 7.24. The van der Waals surface area contributed by atoms with Gasteiger partial charge in [-0.25, -0.2) is 14.8 Å². The molecule has 4 aromatic rings. The number of pyridine rings is 1. The molecule has 0 spiro atoms. The fraction of sp³-hybridized carbons (Fsp3) is 0.179. The van der Waals surface area contributed by atoms with E-state index in [0.717, 1.165) is 11.3 Å². The summed E-state index contributed by atoms with van der Waals surface area (Å²) in [5.74, 6) is -2.29. The lowest BCUT2D eigenvalue weighted by Crippen LogP contribution is -2.29. The van der Waals surface area contributed by atoms with Gasteiger partial charge >= 0.3 is 11.9 Å². The van der Waals surface area contributed by atoms with Crippen molar-refractivity contribution in [3.63, 3.8) is 0 Å². The smallest absolute Gasteiger partial charge is 0.350 e. The van der Waals surface area contributed by atoms with E-state index in [9.17, 15) is 19.5 Å². The zero-order valence-corrected chi connectivity index (χ0v) is 22.2. The van der Waals surface area contributed by atoms with Crippen molar-refractivity contribution in [2.24, 2.45) is 0 Å². The number of hydrogen-bond acceptors (Lipinski definition) is 9. The first kappa shape index (κ1) is 25.9. The summed E-state index contributed by atoms with van der Waals surface area (Å²) in [5.41, 5.74) is 2.05. The molecular formula is C28H24N4O6S. The van der Waals surface area contributed by atoms with Crippen LogP contribution in [0.1, 0.15) is 38.4 Å². The van der Waals surface area contributed by atoms with Gasteiger partial charge in [-0.05, 0) is 43.7 Å². The second kappa shape index (κ2) is 10.2. The minimum Gasteiger partial charge on any atom is -0.505 e. The van der Waals surface area contributed by atoms with Gasteiger partial charge in [-0.1, -0.05) is 42.2 Å². The number of ketones is 1. The quantitative estimate of drug-likeness (QED) is 0.120. The molecule has 1 N–H and O–H groups in total. The molecule has 198 valence electrons. The van der Waals surface area contributed by atoms with Gasteiger partial charge in [0, 0.05) is 6.20 Å². The minimum absolute atomic E-state index is 0.117. The highest BCUT2D eigenvalue weighted by molar-refractivity contribution is 7.17. The summed E-state index contributed by atoms with van der Waals surface area (Å²) in [6.07, 6.45) is 3.31. The number of aliphatic hydroxyl groups is 1. The third kappa shape index (κ3) is 4.36.